The van der Waals surface area contributed by atoms with E-state index in [2.05, 4.69) is 10.6 Å². The first-order chi connectivity index (χ1) is 13.8. The van der Waals surface area contributed by atoms with E-state index in [0.717, 1.165) is 36.3 Å². The molecule has 0 aliphatic carbocycles. The molecule has 1 fully saturated rings. The maximum absolute atomic E-state index is 12.0. The van der Waals surface area contributed by atoms with Crippen molar-refractivity contribution in [3.8, 4) is 0 Å². The Morgan fingerprint density at radius 3 is 2.52 bits per heavy atom. The van der Waals surface area contributed by atoms with Crippen molar-refractivity contribution in [1.82, 2.24) is 5.32 Å². The van der Waals surface area contributed by atoms with E-state index in [-0.39, 0.29) is 11.9 Å². The molecule has 154 valence electrons. The average molecular weight is 432 g/mol. The van der Waals surface area contributed by atoms with E-state index in [1.54, 1.807) is 29.2 Å². The van der Waals surface area contributed by atoms with E-state index in [1.807, 2.05) is 31.2 Å². The highest BCUT2D eigenvalue weighted by Crippen LogP contribution is 2.25. The van der Waals surface area contributed by atoms with E-state index in [4.69, 9.17) is 12.2 Å². The Morgan fingerprint density at radius 2 is 1.93 bits per heavy atom. The van der Waals surface area contributed by atoms with Gasteiger partial charge in [0.1, 0.15) is 0 Å². The van der Waals surface area contributed by atoms with Crippen LogP contribution in [0.3, 0.4) is 0 Å². The molecule has 6 nitrogen and oxygen atoms in total. The molecule has 0 spiro atoms. The van der Waals surface area contributed by atoms with Crippen LogP contribution in [0.25, 0.3) is 0 Å². The summed E-state index contributed by atoms with van der Waals surface area (Å²) in [5.74, 6) is 0.145. The number of nitrogens with zero attached hydrogens (tertiary/aromatic N) is 1. The van der Waals surface area contributed by atoms with Gasteiger partial charge >= 0.3 is 0 Å². The zero-order valence-corrected chi connectivity index (χ0v) is 18.1. The molecular formula is C21H25N3O3S2. The number of thiocarbonyl (C=S) groups is 1. The Labute approximate surface area is 177 Å². The summed E-state index contributed by atoms with van der Waals surface area (Å²) in [5, 5.41) is 6.92. The van der Waals surface area contributed by atoms with Crippen molar-refractivity contribution in [2.75, 3.05) is 23.0 Å². The minimum absolute atomic E-state index is 0.0491. The second kappa shape index (κ2) is 8.92. The SMILES string of the molecule is CCC(NC(=S)Nc1cccc(N2CCCC2=O)c1)c1ccc(S(C)(=O)=O)cc1. The molecule has 2 N–H and O–H groups in total. The number of nitrogens with one attached hydrogen (secondary N) is 2. The highest BCUT2D eigenvalue weighted by Gasteiger charge is 2.21. The van der Waals surface area contributed by atoms with E-state index in [9.17, 15) is 13.2 Å². The van der Waals surface area contributed by atoms with Crippen LogP contribution < -0.4 is 15.5 Å². The van der Waals surface area contributed by atoms with Crippen molar-refractivity contribution in [2.45, 2.75) is 37.1 Å². The molecule has 2 aromatic carbocycles. The predicted octanol–water partition coefficient (Wildman–Crippen LogP) is 3.65. The highest BCUT2D eigenvalue weighted by molar-refractivity contribution is 7.90. The van der Waals surface area contributed by atoms with Gasteiger partial charge in [0.15, 0.2) is 14.9 Å². The summed E-state index contributed by atoms with van der Waals surface area (Å²) < 4.78 is 23.3. The zero-order chi connectivity index (χ0) is 21.0. The zero-order valence-electron chi connectivity index (χ0n) is 16.5. The number of benzene rings is 2. The van der Waals surface area contributed by atoms with Gasteiger partial charge in [-0.3, -0.25) is 4.79 Å². The Morgan fingerprint density at radius 1 is 1.21 bits per heavy atom. The Bertz CT molecular complexity index is 1000. The van der Waals surface area contributed by atoms with E-state index in [1.165, 1.54) is 6.26 Å². The highest BCUT2D eigenvalue weighted by atomic mass is 32.2. The molecule has 0 radical (unpaired) electrons. The van der Waals surface area contributed by atoms with Crippen LogP contribution in [0.1, 0.15) is 37.8 Å². The van der Waals surface area contributed by atoms with Gasteiger partial charge in [-0.2, -0.15) is 0 Å². The summed E-state index contributed by atoms with van der Waals surface area (Å²) in [4.78, 5) is 14.1. The lowest BCUT2D eigenvalue weighted by atomic mass is 10.1. The molecule has 2 aromatic rings. The molecule has 1 aliphatic rings. The number of hydrogen-bond donors (Lipinski definition) is 2. The summed E-state index contributed by atoms with van der Waals surface area (Å²) in [6.07, 6.45) is 3.45. The molecule has 0 aromatic heterocycles. The fourth-order valence-corrected chi connectivity index (χ4v) is 4.26. The molecule has 1 aliphatic heterocycles. The molecule has 1 atom stereocenters. The standard InChI is InChI=1S/C21H25N3O3S2/c1-3-19(15-9-11-18(12-10-15)29(2,26)27)23-21(28)22-16-6-4-7-17(14-16)24-13-5-8-20(24)25/h4,6-7,9-12,14,19H,3,5,8,13H2,1-2H3,(H2,22,23,28). The third-order valence-corrected chi connectivity index (χ3v) is 6.26. The third kappa shape index (κ3) is 5.33. The average Bonchev–Trinajstić information content (AvgIpc) is 3.12. The number of carbonyl (C=O) groups excluding carboxylic acids is 1. The lowest BCUT2D eigenvalue weighted by Crippen LogP contribution is -2.32. The van der Waals surface area contributed by atoms with Gasteiger partial charge in [-0.25, -0.2) is 8.42 Å². The fraction of sp³-hybridized carbons (Fsp3) is 0.333. The smallest absolute Gasteiger partial charge is 0.227 e. The summed E-state index contributed by atoms with van der Waals surface area (Å²) in [6, 6.07) is 14.4. The minimum Gasteiger partial charge on any atom is -0.356 e. The predicted molar refractivity (Wildman–Crippen MR) is 120 cm³/mol. The first kappa shape index (κ1) is 21.3. The van der Waals surface area contributed by atoms with Crippen molar-refractivity contribution in [3.63, 3.8) is 0 Å². The maximum Gasteiger partial charge on any atom is 0.227 e. The number of sulfone groups is 1. The van der Waals surface area contributed by atoms with Gasteiger partial charge in [-0.05, 0) is 61.0 Å². The van der Waals surface area contributed by atoms with Gasteiger partial charge in [-0.1, -0.05) is 25.1 Å². The minimum atomic E-state index is -3.22. The number of hydrogen-bond acceptors (Lipinski definition) is 4. The molecule has 1 unspecified atom stereocenters. The normalized spacial score (nSPS) is 15.2. The van der Waals surface area contributed by atoms with Crippen LogP contribution >= 0.6 is 12.2 Å². The van der Waals surface area contributed by atoms with Crippen molar-refractivity contribution in [1.29, 1.82) is 0 Å². The molecule has 8 heteroatoms. The summed E-state index contributed by atoms with van der Waals surface area (Å²) in [6.45, 7) is 2.77. The molecular weight excluding hydrogens is 406 g/mol. The van der Waals surface area contributed by atoms with Crippen LogP contribution in [0.4, 0.5) is 11.4 Å². The molecule has 3 rings (SSSR count). The number of carbonyl (C=O) groups is 1. The first-order valence-corrected chi connectivity index (χ1v) is 11.9. The molecule has 1 amide bonds. The van der Waals surface area contributed by atoms with Gasteiger partial charge in [-0.15, -0.1) is 0 Å². The van der Waals surface area contributed by atoms with Gasteiger partial charge < -0.3 is 15.5 Å². The molecule has 0 bridgehead atoms. The summed E-state index contributed by atoms with van der Waals surface area (Å²) >= 11 is 5.47. The van der Waals surface area contributed by atoms with Crippen LogP contribution in [-0.2, 0) is 14.6 Å². The Kier molecular flexibility index (Phi) is 6.54. The first-order valence-electron chi connectivity index (χ1n) is 9.56. The van der Waals surface area contributed by atoms with Crippen LogP contribution in [0.5, 0.6) is 0 Å². The third-order valence-electron chi connectivity index (χ3n) is 4.91. The van der Waals surface area contributed by atoms with E-state index < -0.39 is 9.84 Å². The van der Waals surface area contributed by atoms with Crippen LogP contribution in [-0.4, -0.2) is 32.2 Å². The molecule has 29 heavy (non-hydrogen) atoms. The van der Waals surface area contributed by atoms with Crippen molar-refractivity contribution < 1.29 is 13.2 Å². The number of anilines is 2. The van der Waals surface area contributed by atoms with Crippen LogP contribution in [0, 0.1) is 0 Å². The second-order valence-corrected chi connectivity index (χ2v) is 9.52. The fourth-order valence-electron chi connectivity index (χ4n) is 3.37. The second-order valence-electron chi connectivity index (χ2n) is 7.10. The van der Waals surface area contributed by atoms with Gasteiger partial charge in [0.05, 0.1) is 10.9 Å². The van der Waals surface area contributed by atoms with Gasteiger partial charge in [0.2, 0.25) is 5.91 Å². The topological polar surface area (TPSA) is 78.5 Å². The molecule has 1 saturated heterocycles. The van der Waals surface area contributed by atoms with Crippen molar-refractivity contribution in [3.05, 3.63) is 54.1 Å². The largest absolute Gasteiger partial charge is 0.356 e. The van der Waals surface area contributed by atoms with Gasteiger partial charge in [0, 0.05) is 30.6 Å². The van der Waals surface area contributed by atoms with Gasteiger partial charge in [0.25, 0.3) is 0 Å². The van der Waals surface area contributed by atoms with Crippen LogP contribution in [0.2, 0.25) is 0 Å². The van der Waals surface area contributed by atoms with E-state index >= 15 is 0 Å². The number of amides is 1. The van der Waals surface area contributed by atoms with Crippen molar-refractivity contribution >= 4 is 44.4 Å². The number of rotatable bonds is 6. The maximum atomic E-state index is 12.0. The summed E-state index contributed by atoms with van der Waals surface area (Å²) in [5.41, 5.74) is 2.63. The van der Waals surface area contributed by atoms with Crippen LogP contribution in [0.15, 0.2) is 53.4 Å². The van der Waals surface area contributed by atoms with Crippen molar-refractivity contribution in [2.24, 2.45) is 0 Å². The monoisotopic (exact) mass is 431 g/mol. The summed E-state index contributed by atoms with van der Waals surface area (Å²) in [7, 11) is -3.22. The lowest BCUT2D eigenvalue weighted by Gasteiger charge is -2.21. The molecule has 1 heterocycles. The van der Waals surface area contributed by atoms with E-state index in [0.29, 0.717) is 16.4 Å². The molecule has 0 saturated carbocycles. The lowest BCUT2D eigenvalue weighted by molar-refractivity contribution is -0.117. The Balaban J connectivity index is 1.67. The quantitative estimate of drug-likeness (QED) is 0.680. The Hall–Kier alpha value is -2.45.